The molecule has 0 atom stereocenters. The van der Waals surface area contributed by atoms with Crippen LogP contribution in [0.15, 0.2) is 18.2 Å². The molecule has 1 fully saturated rings. The van der Waals surface area contributed by atoms with Crippen LogP contribution in [-0.2, 0) is 9.53 Å². The topological polar surface area (TPSA) is 59.6 Å². The first-order valence-electron chi connectivity index (χ1n) is 6.96. The second-order valence-corrected chi connectivity index (χ2v) is 5.27. The molecule has 1 aromatic rings. The van der Waals surface area contributed by atoms with Crippen LogP contribution in [0.5, 0.6) is 5.75 Å². The van der Waals surface area contributed by atoms with E-state index >= 15 is 0 Å². The lowest BCUT2D eigenvalue weighted by Crippen LogP contribution is -2.47. The lowest BCUT2D eigenvalue weighted by molar-refractivity contribution is -0.130. The van der Waals surface area contributed by atoms with Gasteiger partial charge in [0.15, 0.2) is 11.6 Å². The van der Waals surface area contributed by atoms with Gasteiger partial charge in [0.05, 0.1) is 19.1 Å². The molecule has 0 saturated carbocycles. The molecule has 1 heterocycles. The maximum absolute atomic E-state index is 13.4. The number of amides is 1. The molecule has 1 amide bonds. The van der Waals surface area contributed by atoms with Gasteiger partial charge >= 0.3 is 0 Å². The molecule has 0 aliphatic carbocycles. The highest BCUT2D eigenvalue weighted by Crippen LogP contribution is 2.31. The average Bonchev–Trinajstić information content (AvgIpc) is 2.50. The van der Waals surface area contributed by atoms with E-state index in [1.807, 2.05) is 0 Å². The monoisotopic (exact) mass is 296 g/mol. The van der Waals surface area contributed by atoms with Gasteiger partial charge in [0.25, 0.3) is 0 Å². The van der Waals surface area contributed by atoms with E-state index in [2.05, 4.69) is 10.6 Å². The van der Waals surface area contributed by atoms with Crippen LogP contribution in [0.25, 0.3) is 0 Å². The maximum atomic E-state index is 13.4. The molecule has 5 nitrogen and oxygen atoms in total. The first kappa shape index (κ1) is 15.7. The fourth-order valence-corrected chi connectivity index (χ4v) is 2.62. The molecule has 2 N–H and O–H groups in total. The van der Waals surface area contributed by atoms with Crippen molar-refractivity contribution in [2.45, 2.75) is 12.8 Å². The Kier molecular flexibility index (Phi) is 5.14. The van der Waals surface area contributed by atoms with Crippen molar-refractivity contribution in [2.24, 2.45) is 5.41 Å². The number of halogens is 1. The van der Waals surface area contributed by atoms with Gasteiger partial charge in [0.2, 0.25) is 5.91 Å². The van der Waals surface area contributed by atoms with Crippen LogP contribution in [0, 0.1) is 11.2 Å². The van der Waals surface area contributed by atoms with Crippen LogP contribution in [0.4, 0.5) is 10.1 Å². The summed E-state index contributed by atoms with van der Waals surface area (Å²) in [5.74, 6) is -0.442. The molecule has 2 rings (SSSR count). The fourth-order valence-electron chi connectivity index (χ4n) is 2.62. The molecule has 0 bridgehead atoms. The summed E-state index contributed by atoms with van der Waals surface area (Å²) in [6, 6.07) is 4.28. The molecule has 21 heavy (non-hydrogen) atoms. The third kappa shape index (κ3) is 3.51. The van der Waals surface area contributed by atoms with Crippen molar-refractivity contribution >= 4 is 11.6 Å². The lowest BCUT2D eigenvalue weighted by Gasteiger charge is -2.35. The second-order valence-electron chi connectivity index (χ2n) is 5.27. The first-order chi connectivity index (χ1) is 10.1. The van der Waals surface area contributed by atoms with E-state index in [1.165, 1.54) is 25.3 Å². The smallest absolute Gasteiger partial charge is 0.233 e. The third-order valence-electron chi connectivity index (χ3n) is 3.87. The zero-order chi connectivity index (χ0) is 15.3. The van der Waals surface area contributed by atoms with Gasteiger partial charge in [0, 0.05) is 18.9 Å². The summed E-state index contributed by atoms with van der Waals surface area (Å²) in [4.78, 5) is 12.6. The summed E-state index contributed by atoms with van der Waals surface area (Å²) in [7, 11) is 2.99. The SMILES string of the molecule is COCC1(C(=O)Nc2ccc(F)c(OC)c2)CCNCC1. The van der Waals surface area contributed by atoms with Crippen LogP contribution in [0.3, 0.4) is 0 Å². The van der Waals surface area contributed by atoms with E-state index < -0.39 is 11.2 Å². The number of carbonyl (C=O) groups is 1. The highest BCUT2D eigenvalue weighted by molar-refractivity contribution is 5.95. The largest absolute Gasteiger partial charge is 0.494 e. The van der Waals surface area contributed by atoms with Crippen LogP contribution >= 0.6 is 0 Å². The minimum absolute atomic E-state index is 0.0977. The third-order valence-corrected chi connectivity index (χ3v) is 3.87. The number of piperidine rings is 1. The summed E-state index contributed by atoms with van der Waals surface area (Å²) in [5.41, 5.74) is -0.0194. The van der Waals surface area contributed by atoms with Gasteiger partial charge in [-0.3, -0.25) is 4.79 Å². The Labute approximate surface area is 123 Å². The zero-order valence-corrected chi connectivity index (χ0v) is 12.4. The van der Waals surface area contributed by atoms with Crippen molar-refractivity contribution in [1.29, 1.82) is 0 Å². The van der Waals surface area contributed by atoms with E-state index in [0.717, 1.165) is 13.1 Å². The van der Waals surface area contributed by atoms with Crippen LogP contribution < -0.4 is 15.4 Å². The number of benzene rings is 1. The van der Waals surface area contributed by atoms with Gasteiger partial charge in [-0.2, -0.15) is 0 Å². The summed E-state index contributed by atoms with van der Waals surface area (Å²) in [6.45, 7) is 1.94. The van der Waals surface area contributed by atoms with Crippen LogP contribution in [-0.4, -0.2) is 39.8 Å². The minimum Gasteiger partial charge on any atom is -0.494 e. The number of hydrogen-bond acceptors (Lipinski definition) is 4. The first-order valence-corrected chi connectivity index (χ1v) is 6.96. The average molecular weight is 296 g/mol. The van der Waals surface area contributed by atoms with Crippen LogP contribution in [0.1, 0.15) is 12.8 Å². The highest BCUT2D eigenvalue weighted by Gasteiger charge is 2.39. The van der Waals surface area contributed by atoms with Gasteiger partial charge in [-0.25, -0.2) is 4.39 Å². The number of ether oxygens (including phenoxy) is 2. The molecule has 6 heteroatoms. The van der Waals surface area contributed by atoms with Crippen molar-refractivity contribution < 1.29 is 18.7 Å². The molecule has 1 aliphatic heterocycles. The Morgan fingerprint density at radius 3 is 2.71 bits per heavy atom. The molecule has 1 aromatic carbocycles. The summed E-state index contributed by atoms with van der Waals surface area (Å²) < 4.78 is 23.6. The van der Waals surface area contributed by atoms with Gasteiger partial charge in [0.1, 0.15) is 0 Å². The van der Waals surface area contributed by atoms with E-state index in [-0.39, 0.29) is 11.7 Å². The van der Waals surface area contributed by atoms with Crippen molar-refractivity contribution in [3.05, 3.63) is 24.0 Å². The number of anilines is 1. The number of rotatable bonds is 5. The molecule has 1 saturated heterocycles. The Bertz CT molecular complexity index is 496. The van der Waals surface area contributed by atoms with Crippen molar-refractivity contribution in [1.82, 2.24) is 5.32 Å². The summed E-state index contributed by atoms with van der Waals surface area (Å²) in [5, 5.41) is 6.08. The zero-order valence-electron chi connectivity index (χ0n) is 12.4. The lowest BCUT2D eigenvalue weighted by atomic mass is 9.78. The van der Waals surface area contributed by atoms with E-state index in [9.17, 15) is 9.18 Å². The predicted molar refractivity (Wildman–Crippen MR) is 78.0 cm³/mol. The molecule has 0 radical (unpaired) electrons. The summed E-state index contributed by atoms with van der Waals surface area (Å²) >= 11 is 0. The highest BCUT2D eigenvalue weighted by atomic mass is 19.1. The minimum atomic E-state index is -0.540. The van der Waals surface area contributed by atoms with Crippen molar-refractivity contribution in [3.8, 4) is 5.75 Å². The van der Waals surface area contributed by atoms with Gasteiger partial charge in [-0.1, -0.05) is 0 Å². The summed E-state index contributed by atoms with van der Waals surface area (Å²) in [6.07, 6.45) is 1.43. The molecule has 0 spiro atoms. The quantitative estimate of drug-likeness (QED) is 0.869. The molecule has 0 aromatic heterocycles. The number of methoxy groups -OCH3 is 2. The molecule has 0 unspecified atom stereocenters. The van der Waals surface area contributed by atoms with Crippen LogP contribution in [0.2, 0.25) is 0 Å². The van der Waals surface area contributed by atoms with Gasteiger partial charge < -0.3 is 20.1 Å². The standard InChI is InChI=1S/C15H21FN2O3/c1-20-10-15(5-7-17-8-6-15)14(19)18-11-3-4-12(16)13(9-11)21-2/h3-4,9,17H,5-8,10H2,1-2H3,(H,18,19). The molecular weight excluding hydrogens is 275 g/mol. The molecule has 116 valence electrons. The Balaban J connectivity index is 2.15. The Hall–Kier alpha value is -1.66. The predicted octanol–water partition coefficient (Wildman–Crippen LogP) is 1.79. The van der Waals surface area contributed by atoms with Crippen molar-refractivity contribution in [3.63, 3.8) is 0 Å². The fraction of sp³-hybridized carbons (Fsp3) is 0.533. The Morgan fingerprint density at radius 2 is 2.10 bits per heavy atom. The van der Waals surface area contributed by atoms with E-state index in [4.69, 9.17) is 9.47 Å². The molecular formula is C15H21FN2O3. The maximum Gasteiger partial charge on any atom is 0.233 e. The van der Waals surface area contributed by atoms with Gasteiger partial charge in [-0.15, -0.1) is 0 Å². The van der Waals surface area contributed by atoms with Crippen molar-refractivity contribution in [2.75, 3.05) is 39.2 Å². The van der Waals surface area contributed by atoms with Gasteiger partial charge in [-0.05, 0) is 38.1 Å². The normalized spacial score (nSPS) is 17.3. The molecule has 1 aliphatic rings. The number of carbonyl (C=O) groups excluding carboxylic acids is 1. The second kappa shape index (κ2) is 6.87. The number of hydrogen-bond donors (Lipinski definition) is 2. The van der Waals surface area contributed by atoms with E-state index in [0.29, 0.717) is 25.1 Å². The van der Waals surface area contributed by atoms with E-state index in [1.54, 1.807) is 7.11 Å². The Morgan fingerprint density at radius 1 is 1.38 bits per heavy atom. The number of nitrogens with one attached hydrogen (secondary N) is 2.